The van der Waals surface area contributed by atoms with E-state index in [1.807, 2.05) is 0 Å². The SMILES string of the molecule is C#CCCCCNS(=O)(=O)CBr. The average Bonchev–Trinajstić information content (AvgIpc) is 2.04. The second kappa shape index (κ2) is 6.46. The summed E-state index contributed by atoms with van der Waals surface area (Å²) in [6.45, 7) is 0.468. The number of terminal acetylenes is 1. The second-order valence-corrected chi connectivity index (χ2v) is 5.39. The van der Waals surface area contributed by atoms with Crippen molar-refractivity contribution in [3.63, 3.8) is 0 Å². The van der Waals surface area contributed by atoms with Gasteiger partial charge in [0.1, 0.15) is 4.66 Å². The van der Waals surface area contributed by atoms with E-state index in [0.29, 0.717) is 13.0 Å². The van der Waals surface area contributed by atoms with Crippen molar-refractivity contribution in [1.29, 1.82) is 0 Å². The molecular weight excluding hydrogens is 242 g/mol. The van der Waals surface area contributed by atoms with Gasteiger partial charge in [0.25, 0.3) is 0 Å². The van der Waals surface area contributed by atoms with Gasteiger partial charge in [0.2, 0.25) is 10.0 Å². The van der Waals surface area contributed by atoms with Crippen LogP contribution in [-0.4, -0.2) is 19.6 Å². The van der Waals surface area contributed by atoms with Crippen LogP contribution in [0.2, 0.25) is 0 Å². The van der Waals surface area contributed by atoms with E-state index in [0.717, 1.165) is 12.8 Å². The Hall–Kier alpha value is -0.0500. The van der Waals surface area contributed by atoms with Gasteiger partial charge in [-0.15, -0.1) is 12.3 Å². The highest BCUT2D eigenvalue weighted by atomic mass is 79.9. The van der Waals surface area contributed by atoms with Gasteiger partial charge in [-0.3, -0.25) is 0 Å². The first kappa shape index (κ1) is 11.9. The summed E-state index contributed by atoms with van der Waals surface area (Å²) < 4.78 is 24.0. The van der Waals surface area contributed by atoms with Crippen LogP contribution in [0, 0.1) is 12.3 Å². The van der Waals surface area contributed by atoms with E-state index in [2.05, 4.69) is 26.6 Å². The Kier molecular flexibility index (Phi) is 6.44. The van der Waals surface area contributed by atoms with Crippen LogP contribution in [0.4, 0.5) is 0 Å². The molecule has 0 rings (SSSR count). The molecule has 0 atom stereocenters. The molecule has 0 saturated heterocycles. The van der Waals surface area contributed by atoms with E-state index in [1.54, 1.807) is 0 Å². The summed E-state index contributed by atoms with van der Waals surface area (Å²) in [5.41, 5.74) is 0. The maximum absolute atomic E-state index is 10.8. The fraction of sp³-hybridized carbons (Fsp3) is 0.714. The van der Waals surface area contributed by atoms with E-state index in [-0.39, 0.29) is 4.66 Å². The monoisotopic (exact) mass is 253 g/mol. The first-order chi connectivity index (χ1) is 5.62. The van der Waals surface area contributed by atoms with Crippen LogP contribution in [0.25, 0.3) is 0 Å². The molecule has 12 heavy (non-hydrogen) atoms. The summed E-state index contributed by atoms with van der Waals surface area (Å²) in [4.78, 5) is 0. The number of nitrogens with one attached hydrogen (secondary N) is 1. The Morgan fingerprint density at radius 1 is 1.42 bits per heavy atom. The number of halogens is 1. The summed E-state index contributed by atoms with van der Waals surface area (Å²) in [7, 11) is -3.09. The van der Waals surface area contributed by atoms with Gasteiger partial charge in [-0.05, 0) is 12.8 Å². The molecule has 0 aliphatic rings. The standard InChI is InChI=1S/C7H12BrNO2S/c1-2-3-4-5-6-9-12(10,11)7-8/h1,9H,3-7H2. The van der Waals surface area contributed by atoms with Gasteiger partial charge in [0.15, 0.2) is 0 Å². The maximum Gasteiger partial charge on any atom is 0.221 e. The van der Waals surface area contributed by atoms with Gasteiger partial charge in [0.05, 0.1) is 0 Å². The van der Waals surface area contributed by atoms with E-state index in [9.17, 15) is 8.42 Å². The zero-order valence-corrected chi connectivity index (χ0v) is 9.12. The number of hydrogen-bond acceptors (Lipinski definition) is 2. The highest BCUT2D eigenvalue weighted by molar-refractivity contribution is 9.10. The summed E-state index contributed by atoms with van der Waals surface area (Å²) in [6, 6.07) is 0. The van der Waals surface area contributed by atoms with Crippen molar-refractivity contribution >= 4 is 26.0 Å². The molecule has 0 aromatic rings. The van der Waals surface area contributed by atoms with E-state index in [1.165, 1.54) is 0 Å². The van der Waals surface area contributed by atoms with Crippen LogP contribution in [0.1, 0.15) is 19.3 Å². The molecule has 0 heterocycles. The lowest BCUT2D eigenvalue weighted by molar-refractivity contribution is 0.582. The zero-order chi connectivity index (χ0) is 9.45. The molecule has 0 bridgehead atoms. The molecule has 5 heteroatoms. The lowest BCUT2D eigenvalue weighted by Crippen LogP contribution is -2.25. The summed E-state index contributed by atoms with van der Waals surface area (Å²) in [5.74, 6) is 2.49. The molecule has 70 valence electrons. The van der Waals surface area contributed by atoms with Gasteiger partial charge in [0, 0.05) is 13.0 Å². The molecule has 0 amide bonds. The molecule has 1 N–H and O–H groups in total. The Morgan fingerprint density at radius 2 is 2.08 bits per heavy atom. The van der Waals surface area contributed by atoms with Crippen molar-refractivity contribution in [1.82, 2.24) is 4.72 Å². The van der Waals surface area contributed by atoms with Crippen molar-refractivity contribution < 1.29 is 8.42 Å². The molecule has 0 spiro atoms. The highest BCUT2D eigenvalue weighted by Crippen LogP contribution is 1.94. The molecule has 0 fully saturated rings. The van der Waals surface area contributed by atoms with E-state index >= 15 is 0 Å². The largest absolute Gasteiger partial charge is 0.221 e. The van der Waals surface area contributed by atoms with Gasteiger partial charge < -0.3 is 0 Å². The predicted octanol–water partition coefficient (Wildman–Crippen LogP) is 1.06. The topological polar surface area (TPSA) is 46.2 Å². The maximum atomic E-state index is 10.8. The summed E-state index contributed by atoms with van der Waals surface area (Å²) in [5, 5.41) is 0. The van der Waals surface area contributed by atoms with Gasteiger partial charge in [-0.25, -0.2) is 13.1 Å². The van der Waals surface area contributed by atoms with Crippen molar-refractivity contribution in [3.05, 3.63) is 0 Å². The second-order valence-electron chi connectivity index (χ2n) is 2.28. The molecule has 0 unspecified atom stereocenters. The fourth-order valence-electron chi connectivity index (χ4n) is 0.618. The smallest absolute Gasteiger partial charge is 0.215 e. The number of alkyl halides is 1. The zero-order valence-electron chi connectivity index (χ0n) is 6.72. The van der Waals surface area contributed by atoms with Crippen molar-refractivity contribution in [3.8, 4) is 12.3 Å². The number of hydrogen-bond donors (Lipinski definition) is 1. The van der Waals surface area contributed by atoms with Crippen LogP contribution in [0.3, 0.4) is 0 Å². The number of unbranched alkanes of at least 4 members (excludes halogenated alkanes) is 2. The number of sulfonamides is 1. The Balaban J connectivity index is 3.39. The highest BCUT2D eigenvalue weighted by Gasteiger charge is 2.04. The van der Waals surface area contributed by atoms with E-state index < -0.39 is 10.0 Å². The van der Waals surface area contributed by atoms with E-state index in [4.69, 9.17) is 6.42 Å². The van der Waals surface area contributed by atoms with Crippen LogP contribution < -0.4 is 4.72 Å². The van der Waals surface area contributed by atoms with Crippen LogP contribution in [-0.2, 0) is 10.0 Å². The van der Waals surface area contributed by atoms with Crippen LogP contribution in [0.15, 0.2) is 0 Å². The minimum absolute atomic E-state index is 0.0465. The third-order valence-corrected chi connectivity index (χ3v) is 3.95. The van der Waals surface area contributed by atoms with Crippen molar-refractivity contribution in [2.24, 2.45) is 0 Å². The molecule has 0 aromatic heterocycles. The minimum Gasteiger partial charge on any atom is -0.215 e. The molecule has 0 saturated carbocycles. The molecule has 3 nitrogen and oxygen atoms in total. The molecule has 0 aliphatic heterocycles. The summed E-state index contributed by atoms with van der Waals surface area (Å²) in [6.07, 6.45) is 7.38. The first-order valence-electron chi connectivity index (χ1n) is 3.59. The number of rotatable bonds is 6. The Bertz CT molecular complexity index is 243. The van der Waals surface area contributed by atoms with Crippen LogP contribution >= 0.6 is 15.9 Å². The summed E-state index contributed by atoms with van der Waals surface area (Å²) >= 11 is 2.87. The third kappa shape index (κ3) is 6.65. The molecule has 0 radical (unpaired) electrons. The van der Waals surface area contributed by atoms with Crippen molar-refractivity contribution in [2.75, 3.05) is 11.2 Å². The Labute approximate surface area is 82.1 Å². The average molecular weight is 254 g/mol. The van der Waals surface area contributed by atoms with Gasteiger partial charge in [-0.1, -0.05) is 15.9 Å². The predicted molar refractivity (Wildman–Crippen MR) is 53.4 cm³/mol. The third-order valence-electron chi connectivity index (χ3n) is 1.21. The normalized spacial score (nSPS) is 11.0. The first-order valence-corrected chi connectivity index (χ1v) is 6.36. The molecular formula is C7H12BrNO2S. The van der Waals surface area contributed by atoms with Gasteiger partial charge >= 0.3 is 0 Å². The quantitative estimate of drug-likeness (QED) is 0.437. The molecule has 0 aliphatic carbocycles. The lowest BCUT2D eigenvalue weighted by Gasteiger charge is -2.01. The van der Waals surface area contributed by atoms with Gasteiger partial charge in [-0.2, -0.15) is 0 Å². The van der Waals surface area contributed by atoms with Crippen LogP contribution in [0.5, 0.6) is 0 Å². The lowest BCUT2D eigenvalue weighted by atomic mass is 10.2. The minimum atomic E-state index is -3.09. The fourth-order valence-corrected chi connectivity index (χ4v) is 1.64. The van der Waals surface area contributed by atoms with Crippen molar-refractivity contribution in [2.45, 2.75) is 19.3 Å². The Morgan fingerprint density at radius 3 is 2.58 bits per heavy atom. The molecule has 0 aromatic carbocycles.